The number of hydrogen-bond acceptors (Lipinski definition) is 2. The highest BCUT2D eigenvalue weighted by atomic mass is 16.2. The molecule has 2 unspecified atom stereocenters. The van der Waals surface area contributed by atoms with Gasteiger partial charge in [-0.2, -0.15) is 0 Å². The predicted octanol–water partition coefficient (Wildman–Crippen LogP) is 1.16. The van der Waals surface area contributed by atoms with Crippen LogP contribution in [0.4, 0.5) is 0 Å². The van der Waals surface area contributed by atoms with Crippen molar-refractivity contribution < 1.29 is 9.59 Å². The minimum atomic E-state index is -0.614. The Morgan fingerprint density at radius 3 is 2.41 bits per heavy atom. The third kappa shape index (κ3) is 1.74. The highest BCUT2D eigenvalue weighted by Crippen LogP contribution is 2.44. The van der Waals surface area contributed by atoms with E-state index in [9.17, 15) is 9.59 Å². The van der Waals surface area contributed by atoms with Gasteiger partial charge >= 0.3 is 0 Å². The van der Waals surface area contributed by atoms with Crippen LogP contribution in [0.25, 0.3) is 0 Å². The number of amides is 2. The molecule has 1 aliphatic carbocycles. The van der Waals surface area contributed by atoms with Gasteiger partial charge in [-0.25, -0.2) is 0 Å². The van der Waals surface area contributed by atoms with Gasteiger partial charge in [0.25, 0.3) is 0 Å². The van der Waals surface area contributed by atoms with E-state index in [0.29, 0.717) is 12.5 Å². The van der Waals surface area contributed by atoms with Gasteiger partial charge in [-0.05, 0) is 38.5 Å². The molecule has 0 aromatic carbocycles. The Bertz CT molecular complexity index is 349. The fourth-order valence-corrected chi connectivity index (χ4v) is 2.86. The summed E-state index contributed by atoms with van der Waals surface area (Å²) in [4.78, 5) is 26.5. The van der Waals surface area contributed by atoms with Crippen molar-refractivity contribution in [1.82, 2.24) is 10.2 Å². The molecule has 0 radical (unpaired) electrons. The Kier molecular flexibility index (Phi) is 2.92. The van der Waals surface area contributed by atoms with Crippen LogP contribution in [0.2, 0.25) is 0 Å². The first-order chi connectivity index (χ1) is 7.92. The molecular formula is C13H22N2O2. The van der Waals surface area contributed by atoms with Gasteiger partial charge in [0.2, 0.25) is 11.8 Å². The van der Waals surface area contributed by atoms with Crippen molar-refractivity contribution in [2.24, 2.45) is 11.8 Å². The number of carbonyl (C=O) groups excluding carboxylic acids is 2. The Labute approximate surface area is 103 Å². The highest BCUT2D eigenvalue weighted by molar-refractivity contribution is 6.00. The average molecular weight is 238 g/mol. The minimum Gasteiger partial charge on any atom is -0.342 e. The van der Waals surface area contributed by atoms with Gasteiger partial charge in [0, 0.05) is 6.54 Å². The molecule has 0 bridgehead atoms. The average Bonchev–Trinajstić information content (AvgIpc) is 3.07. The van der Waals surface area contributed by atoms with E-state index in [1.807, 2.05) is 27.7 Å². The Morgan fingerprint density at radius 1 is 1.41 bits per heavy atom. The van der Waals surface area contributed by atoms with E-state index in [1.54, 1.807) is 4.90 Å². The molecular weight excluding hydrogens is 216 g/mol. The van der Waals surface area contributed by atoms with Crippen LogP contribution >= 0.6 is 0 Å². The zero-order valence-corrected chi connectivity index (χ0v) is 11.1. The number of piperazine rings is 1. The van der Waals surface area contributed by atoms with E-state index < -0.39 is 5.54 Å². The molecule has 0 aromatic rings. The summed E-state index contributed by atoms with van der Waals surface area (Å²) in [7, 11) is 0. The highest BCUT2D eigenvalue weighted by Gasteiger charge is 2.56. The fourth-order valence-electron chi connectivity index (χ4n) is 2.86. The van der Waals surface area contributed by atoms with Crippen molar-refractivity contribution in [3.8, 4) is 0 Å². The van der Waals surface area contributed by atoms with Crippen molar-refractivity contribution in [2.75, 3.05) is 6.54 Å². The van der Waals surface area contributed by atoms with Crippen molar-refractivity contribution in [1.29, 1.82) is 0 Å². The van der Waals surface area contributed by atoms with Crippen molar-refractivity contribution in [3.05, 3.63) is 0 Å². The second-order valence-corrected chi connectivity index (χ2v) is 5.70. The van der Waals surface area contributed by atoms with Gasteiger partial charge in [0.1, 0.15) is 11.6 Å². The number of nitrogens with zero attached hydrogens (tertiary/aromatic N) is 1. The molecule has 1 saturated carbocycles. The molecule has 4 nitrogen and oxygen atoms in total. The maximum Gasteiger partial charge on any atom is 0.246 e. The van der Waals surface area contributed by atoms with E-state index in [-0.39, 0.29) is 23.8 Å². The predicted molar refractivity (Wildman–Crippen MR) is 65.3 cm³/mol. The molecule has 0 spiro atoms. The second kappa shape index (κ2) is 4.00. The standard InChI is InChI=1S/C13H22N2O2/c1-5-15-11(16)10(8(2)3)14-12(17)13(15,4)9-6-7-9/h8-10H,5-7H2,1-4H3,(H,14,17). The molecule has 2 aliphatic rings. The van der Waals surface area contributed by atoms with Gasteiger partial charge < -0.3 is 10.2 Å². The van der Waals surface area contributed by atoms with E-state index in [1.165, 1.54) is 0 Å². The summed E-state index contributed by atoms with van der Waals surface area (Å²) in [5, 5.41) is 2.91. The topological polar surface area (TPSA) is 49.4 Å². The second-order valence-electron chi connectivity index (χ2n) is 5.70. The van der Waals surface area contributed by atoms with E-state index >= 15 is 0 Å². The Balaban J connectivity index is 2.31. The molecule has 1 N–H and O–H groups in total. The fraction of sp³-hybridized carbons (Fsp3) is 0.846. The lowest BCUT2D eigenvalue weighted by molar-refractivity contribution is -0.159. The minimum absolute atomic E-state index is 0.0279. The molecule has 2 rings (SSSR count). The maximum atomic E-state index is 12.4. The van der Waals surface area contributed by atoms with Crippen LogP contribution in [0.3, 0.4) is 0 Å². The van der Waals surface area contributed by atoms with Crippen LogP contribution in [-0.4, -0.2) is 34.8 Å². The van der Waals surface area contributed by atoms with Gasteiger partial charge in [-0.15, -0.1) is 0 Å². The number of likely N-dealkylation sites (N-methyl/N-ethyl adjacent to an activating group) is 1. The Morgan fingerprint density at radius 2 is 2.00 bits per heavy atom. The zero-order chi connectivity index (χ0) is 12.8. The van der Waals surface area contributed by atoms with Crippen LogP contribution in [0.1, 0.15) is 40.5 Å². The molecule has 0 aromatic heterocycles. The van der Waals surface area contributed by atoms with Crippen LogP contribution in [0, 0.1) is 11.8 Å². The monoisotopic (exact) mass is 238 g/mol. The molecule has 2 atom stereocenters. The van der Waals surface area contributed by atoms with Gasteiger partial charge in [-0.3, -0.25) is 9.59 Å². The van der Waals surface area contributed by atoms with E-state index in [0.717, 1.165) is 12.8 Å². The first-order valence-electron chi connectivity index (χ1n) is 6.55. The van der Waals surface area contributed by atoms with E-state index in [2.05, 4.69) is 5.32 Å². The van der Waals surface area contributed by atoms with Crippen molar-refractivity contribution in [2.45, 2.75) is 52.1 Å². The summed E-state index contributed by atoms with van der Waals surface area (Å²) >= 11 is 0. The third-order valence-electron chi connectivity index (χ3n) is 4.19. The number of nitrogens with one attached hydrogen (secondary N) is 1. The number of hydrogen-bond donors (Lipinski definition) is 1. The molecule has 2 amide bonds. The smallest absolute Gasteiger partial charge is 0.246 e. The number of carbonyl (C=O) groups is 2. The normalized spacial score (nSPS) is 34.2. The SMILES string of the molecule is CCN1C(=O)C(C(C)C)NC(=O)C1(C)C1CC1. The summed E-state index contributed by atoms with van der Waals surface area (Å²) in [6, 6.07) is -0.353. The summed E-state index contributed by atoms with van der Waals surface area (Å²) in [5.41, 5.74) is -0.614. The third-order valence-corrected chi connectivity index (χ3v) is 4.19. The lowest BCUT2D eigenvalue weighted by atomic mass is 9.86. The van der Waals surface area contributed by atoms with Gasteiger partial charge in [0.05, 0.1) is 0 Å². The summed E-state index contributed by atoms with van der Waals surface area (Å²) in [6.45, 7) is 8.42. The van der Waals surface area contributed by atoms with Crippen molar-refractivity contribution in [3.63, 3.8) is 0 Å². The first-order valence-corrected chi connectivity index (χ1v) is 6.55. The molecule has 96 valence electrons. The Hall–Kier alpha value is -1.06. The summed E-state index contributed by atoms with van der Waals surface area (Å²) in [6.07, 6.45) is 2.11. The largest absolute Gasteiger partial charge is 0.342 e. The molecule has 2 fully saturated rings. The van der Waals surface area contributed by atoms with Gasteiger partial charge in [0.15, 0.2) is 0 Å². The lowest BCUT2D eigenvalue weighted by Crippen LogP contribution is -2.71. The van der Waals surface area contributed by atoms with Crippen LogP contribution < -0.4 is 5.32 Å². The summed E-state index contributed by atoms with van der Waals surface area (Å²) in [5.74, 6) is 0.598. The molecule has 1 saturated heterocycles. The van der Waals surface area contributed by atoms with Crippen LogP contribution in [0.5, 0.6) is 0 Å². The molecule has 4 heteroatoms. The van der Waals surface area contributed by atoms with Crippen LogP contribution in [-0.2, 0) is 9.59 Å². The summed E-state index contributed by atoms with van der Waals surface area (Å²) < 4.78 is 0. The quantitative estimate of drug-likeness (QED) is 0.802. The van der Waals surface area contributed by atoms with E-state index in [4.69, 9.17) is 0 Å². The molecule has 1 aliphatic heterocycles. The first kappa shape index (κ1) is 12.4. The lowest BCUT2D eigenvalue weighted by Gasteiger charge is -2.47. The van der Waals surface area contributed by atoms with Crippen LogP contribution in [0.15, 0.2) is 0 Å². The van der Waals surface area contributed by atoms with Crippen molar-refractivity contribution >= 4 is 11.8 Å². The maximum absolute atomic E-state index is 12.4. The zero-order valence-electron chi connectivity index (χ0n) is 11.1. The molecule has 1 heterocycles. The number of rotatable bonds is 3. The van der Waals surface area contributed by atoms with Gasteiger partial charge in [-0.1, -0.05) is 13.8 Å². The molecule has 17 heavy (non-hydrogen) atoms.